The molecule has 0 amide bonds. The van der Waals surface area contributed by atoms with Gasteiger partial charge in [-0.2, -0.15) is 0 Å². The lowest BCUT2D eigenvalue weighted by molar-refractivity contribution is 0.0595. The van der Waals surface area contributed by atoms with Gasteiger partial charge in [0.2, 0.25) is 0 Å². The van der Waals surface area contributed by atoms with Gasteiger partial charge in [0.05, 0.1) is 19.7 Å². The molecule has 1 aromatic carbocycles. The highest BCUT2D eigenvalue weighted by atomic mass is 16.5. The SMILES string of the molecule is COC(=O)c1cc2cccc(OC)c2[nH]1. The molecule has 0 saturated heterocycles. The number of hydrogen-bond donors (Lipinski definition) is 1. The van der Waals surface area contributed by atoms with E-state index >= 15 is 0 Å². The second kappa shape index (κ2) is 3.65. The van der Waals surface area contributed by atoms with Crippen LogP contribution in [0.4, 0.5) is 0 Å². The highest BCUT2D eigenvalue weighted by Gasteiger charge is 2.11. The molecule has 0 aliphatic rings. The standard InChI is InChI=1S/C11H11NO3/c1-14-9-5-3-4-7-6-8(11(13)15-2)12-10(7)9/h3-6,12H,1-2H3. The summed E-state index contributed by atoms with van der Waals surface area (Å²) in [6.45, 7) is 0. The van der Waals surface area contributed by atoms with Crippen LogP contribution in [-0.2, 0) is 4.74 Å². The summed E-state index contributed by atoms with van der Waals surface area (Å²) in [5, 5.41) is 0.926. The van der Waals surface area contributed by atoms with Gasteiger partial charge in [-0.25, -0.2) is 4.79 Å². The lowest BCUT2D eigenvalue weighted by Crippen LogP contribution is -2.00. The second-order valence-electron chi connectivity index (χ2n) is 3.10. The highest BCUT2D eigenvalue weighted by molar-refractivity contribution is 5.96. The maximum absolute atomic E-state index is 11.3. The van der Waals surface area contributed by atoms with Crippen LogP contribution in [0.3, 0.4) is 0 Å². The molecule has 1 N–H and O–H groups in total. The zero-order chi connectivity index (χ0) is 10.8. The van der Waals surface area contributed by atoms with Gasteiger partial charge in [-0.15, -0.1) is 0 Å². The summed E-state index contributed by atoms with van der Waals surface area (Å²) in [4.78, 5) is 14.3. The van der Waals surface area contributed by atoms with Crippen molar-refractivity contribution in [2.75, 3.05) is 14.2 Å². The second-order valence-corrected chi connectivity index (χ2v) is 3.10. The zero-order valence-electron chi connectivity index (χ0n) is 8.53. The van der Waals surface area contributed by atoms with Crippen LogP contribution < -0.4 is 4.74 Å². The van der Waals surface area contributed by atoms with Crippen LogP contribution in [0, 0.1) is 0 Å². The van der Waals surface area contributed by atoms with Crippen molar-refractivity contribution >= 4 is 16.9 Å². The Morgan fingerprint density at radius 2 is 2.13 bits per heavy atom. The van der Waals surface area contributed by atoms with Crippen molar-refractivity contribution in [3.8, 4) is 5.75 Å². The molecule has 0 saturated carbocycles. The van der Waals surface area contributed by atoms with E-state index in [9.17, 15) is 4.79 Å². The van der Waals surface area contributed by atoms with Crippen molar-refractivity contribution < 1.29 is 14.3 Å². The number of rotatable bonds is 2. The van der Waals surface area contributed by atoms with Gasteiger partial charge in [0.1, 0.15) is 11.4 Å². The first kappa shape index (κ1) is 9.58. The number of ether oxygens (including phenoxy) is 2. The molecule has 0 aliphatic carbocycles. The molecule has 0 unspecified atom stereocenters. The molecule has 0 spiro atoms. The molecular formula is C11H11NO3. The van der Waals surface area contributed by atoms with Crippen molar-refractivity contribution in [2.24, 2.45) is 0 Å². The molecule has 78 valence electrons. The van der Waals surface area contributed by atoms with Crippen LogP contribution in [0.25, 0.3) is 10.9 Å². The number of H-pyrrole nitrogens is 1. The molecule has 2 aromatic rings. The molecule has 2 rings (SSSR count). The van der Waals surface area contributed by atoms with E-state index in [-0.39, 0.29) is 5.97 Å². The number of aromatic amines is 1. The first-order valence-corrected chi connectivity index (χ1v) is 4.50. The number of esters is 1. The fourth-order valence-electron chi connectivity index (χ4n) is 1.52. The van der Waals surface area contributed by atoms with Gasteiger partial charge in [-0.1, -0.05) is 12.1 Å². The number of aromatic nitrogens is 1. The molecule has 0 aliphatic heterocycles. The predicted molar refractivity (Wildman–Crippen MR) is 56.2 cm³/mol. The molecule has 4 heteroatoms. The first-order valence-electron chi connectivity index (χ1n) is 4.50. The number of nitrogens with one attached hydrogen (secondary N) is 1. The van der Waals surface area contributed by atoms with Crippen molar-refractivity contribution in [3.63, 3.8) is 0 Å². The summed E-state index contributed by atoms with van der Waals surface area (Å²) in [6.07, 6.45) is 0. The maximum atomic E-state index is 11.3. The Labute approximate surface area is 86.8 Å². The van der Waals surface area contributed by atoms with Gasteiger partial charge in [0.25, 0.3) is 0 Å². The molecule has 1 heterocycles. The van der Waals surface area contributed by atoms with Crippen LogP contribution in [0.1, 0.15) is 10.5 Å². The van der Waals surface area contributed by atoms with Crippen LogP contribution in [-0.4, -0.2) is 25.2 Å². The van der Waals surface area contributed by atoms with Crippen molar-refractivity contribution in [1.29, 1.82) is 0 Å². The van der Waals surface area contributed by atoms with Gasteiger partial charge in [0.15, 0.2) is 0 Å². The summed E-state index contributed by atoms with van der Waals surface area (Å²) in [7, 11) is 2.94. The molecule has 0 fully saturated rings. The van der Waals surface area contributed by atoms with Crippen molar-refractivity contribution in [3.05, 3.63) is 30.0 Å². The molecule has 15 heavy (non-hydrogen) atoms. The Morgan fingerprint density at radius 3 is 2.80 bits per heavy atom. The number of carbonyl (C=O) groups excluding carboxylic acids is 1. The molecule has 0 radical (unpaired) electrons. The van der Waals surface area contributed by atoms with Crippen LogP contribution in [0.15, 0.2) is 24.3 Å². The monoisotopic (exact) mass is 205 g/mol. The third-order valence-corrected chi connectivity index (χ3v) is 2.24. The minimum absolute atomic E-state index is 0.381. The summed E-state index contributed by atoms with van der Waals surface area (Å²) in [6, 6.07) is 7.35. The number of carbonyl (C=O) groups is 1. The molecular weight excluding hydrogens is 194 g/mol. The van der Waals surface area contributed by atoms with Crippen molar-refractivity contribution in [1.82, 2.24) is 4.98 Å². The number of fused-ring (bicyclic) bond motifs is 1. The molecule has 1 aromatic heterocycles. The van der Waals surface area contributed by atoms with Crippen LogP contribution in [0.5, 0.6) is 5.75 Å². The first-order chi connectivity index (χ1) is 7.26. The van der Waals surface area contributed by atoms with Gasteiger partial charge in [-0.3, -0.25) is 0 Å². The fraction of sp³-hybridized carbons (Fsp3) is 0.182. The van der Waals surface area contributed by atoms with E-state index in [4.69, 9.17) is 4.74 Å². The number of methoxy groups -OCH3 is 2. The normalized spacial score (nSPS) is 10.3. The fourth-order valence-corrected chi connectivity index (χ4v) is 1.52. The lowest BCUT2D eigenvalue weighted by atomic mass is 10.2. The average molecular weight is 205 g/mol. The Kier molecular flexibility index (Phi) is 2.33. The quantitative estimate of drug-likeness (QED) is 0.762. The third-order valence-electron chi connectivity index (χ3n) is 2.24. The Bertz CT molecular complexity index is 502. The highest BCUT2D eigenvalue weighted by Crippen LogP contribution is 2.25. The van der Waals surface area contributed by atoms with E-state index in [0.29, 0.717) is 11.4 Å². The topological polar surface area (TPSA) is 51.3 Å². The predicted octanol–water partition coefficient (Wildman–Crippen LogP) is 1.96. The number of para-hydroxylation sites is 1. The molecule has 0 bridgehead atoms. The van der Waals surface area contributed by atoms with Crippen LogP contribution >= 0.6 is 0 Å². The molecule has 4 nitrogen and oxygen atoms in total. The van der Waals surface area contributed by atoms with Crippen LogP contribution in [0.2, 0.25) is 0 Å². The summed E-state index contributed by atoms with van der Waals surface area (Å²) in [5.41, 5.74) is 1.23. The van der Waals surface area contributed by atoms with E-state index in [1.54, 1.807) is 13.2 Å². The Balaban J connectivity index is 2.60. The molecule has 0 atom stereocenters. The van der Waals surface area contributed by atoms with Gasteiger partial charge < -0.3 is 14.5 Å². The smallest absolute Gasteiger partial charge is 0.354 e. The lowest BCUT2D eigenvalue weighted by Gasteiger charge is -1.99. The number of benzene rings is 1. The minimum Gasteiger partial charge on any atom is -0.495 e. The minimum atomic E-state index is -0.381. The largest absolute Gasteiger partial charge is 0.495 e. The van der Waals surface area contributed by atoms with Gasteiger partial charge >= 0.3 is 5.97 Å². The van der Waals surface area contributed by atoms with E-state index in [1.807, 2.05) is 18.2 Å². The average Bonchev–Trinajstić information content (AvgIpc) is 2.71. The summed E-state index contributed by atoms with van der Waals surface area (Å²) >= 11 is 0. The van der Waals surface area contributed by atoms with E-state index in [0.717, 1.165) is 10.9 Å². The Morgan fingerprint density at radius 1 is 1.33 bits per heavy atom. The van der Waals surface area contributed by atoms with Gasteiger partial charge in [0, 0.05) is 5.39 Å². The summed E-state index contributed by atoms with van der Waals surface area (Å²) in [5.74, 6) is 0.330. The Hall–Kier alpha value is -1.97. The van der Waals surface area contributed by atoms with E-state index < -0.39 is 0 Å². The third kappa shape index (κ3) is 1.54. The van der Waals surface area contributed by atoms with E-state index in [2.05, 4.69) is 9.72 Å². The maximum Gasteiger partial charge on any atom is 0.354 e. The van der Waals surface area contributed by atoms with Crippen molar-refractivity contribution in [2.45, 2.75) is 0 Å². The van der Waals surface area contributed by atoms with E-state index in [1.165, 1.54) is 7.11 Å². The zero-order valence-corrected chi connectivity index (χ0v) is 8.53. The van der Waals surface area contributed by atoms with Gasteiger partial charge in [-0.05, 0) is 12.1 Å². The summed E-state index contributed by atoms with van der Waals surface area (Å²) < 4.78 is 9.80. The number of hydrogen-bond acceptors (Lipinski definition) is 3.